The van der Waals surface area contributed by atoms with E-state index in [4.69, 9.17) is 0 Å². The van der Waals surface area contributed by atoms with Crippen LogP contribution in [0.3, 0.4) is 0 Å². The Kier molecular flexibility index (Phi) is 7.47. The van der Waals surface area contributed by atoms with Crippen LogP contribution in [0, 0.1) is 0 Å². The van der Waals surface area contributed by atoms with Gasteiger partial charge in [-0.2, -0.15) is 0 Å². The summed E-state index contributed by atoms with van der Waals surface area (Å²) in [7, 11) is 0. The molecule has 0 atom stereocenters. The quantitative estimate of drug-likeness (QED) is 0.473. The van der Waals surface area contributed by atoms with Crippen LogP contribution in [0.25, 0.3) is 0 Å². The van der Waals surface area contributed by atoms with E-state index in [1.54, 1.807) is 0 Å². The average Bonchev–Trinajstić information content (AvgIpc) is 2.22. The van der Waals surface area contributed by atoms with Gasteiger partial charge in [0.1, 0.15) is 0 Å². The molecule has 1 aliphatic rings. The van der Waals surface area contributed by atoms with Gasteiger partial charge in [-0.05, 0) is 44.9 Å². The molecule has 0 amide bonds. The topological polar surface area (TPSA) is 0 Å². The van der Waals surface area contributed by atoms with Gasteiger partial charge in [-0.25, -0.2) is 0 Å². The third-order valence-electron chi connectivity index (χ3n) is 2.82. The Balaban J connectivity index is 2.16. The highest BCUT2D eigenvalue weighted by Crippen LogP contribution is 2.09. The van der Waals surface area contributed by atoms with E-state index >= 15 is 0 Å². The first kappa shape index (κ1) is 11.6. The molecule has 0 aromatic heterocycles. The Morgan fingerprint density at radius 3 is 1.21 bits per heavy atom. The minimum Gasteiger partial charge on any atom is -0.0885 e. The summed E-state index contributed by atoms with van der Waals surface area (Å²) in [6.07, 6.45) is 23.0. The first-order valence-corrected chi connectivity index (χ1v) is 6.30. The van der Waals surface area contributed by atoms with E-state index in [9.17, 15) is 0 Å². The fourth-order valence-electron chi connectivity index (χ4n) is 1.88. The zero-order valence-electron chi connectivity index (χ0n) is 9.38. The first-order valence-electron chi connectivity index (χ1n) is 6.30. The van der Waals surface area contributed by atoms with Crippen molar-refractivity contribution >= 4 is 0 Å². The SMILES string of the molecule is C1=C\CCCCCCC/C=C\CCC/1. The first-order chi connectivity index (χ1) is 7.00. The minimum absolute atomic E-state index is 1.27. The van der Waals surface area contributed by atoms with Crippen LogP contribution in [0.5, 0.6) is 0 Å². The van der Waals surface area contributed by atoms with Gasteiger partial charge < -0.3 is 0 Å². The number of rotatable bonds is 0. The molecule has 0 aromatic carbocycles. The maximum Gasteiger partial charge on any atom is -0.0348 e. The fraction of sp³-hybridized carbons (Fsp3) is 0.714. The smallest absolute Gasteiger partial charge is 0.0348 e. The molecule has 1 aliphatic carbocycles. The van der Waals surface area contributed by atoms with E-state index in [-0.39, 0.29) is 0 Å². The largest absolute Gasteiger partial charge is 0.0885 e. The average molecular weight is 192 g/mol. The molecule has 0 nitrogen and oxygen atoms in total. The van der Waals surface area contributed by atoms with Crippen LogP contribution in [-0.2, 0) is 0 Å². The number of hydrogen-bond donors (Lipinski definition) is 0. The Morgan fingerprint density at radius 1 is 0.357 bits per heavy atom. The summed E-state index contributed by atoms with van der Waals surface area (Å²) in [4.78, 5) is 0. The van der Waals surface area contributed by atoms with Crippen molar-refractivity contribution in [2.45, 2.75) is 64.2 Å². The lowest BCUT2D eigenvalue weighted by Gasteiger charge is -1.99. The van der Waals surface area contributed by atoms with Crippen LogP contribution in [0.15, 0.2) is 24.3 Å². The number of hydrogen-bond acceptors (Lipinski definition) is 0. The van der Waals surface area contributed by atoms with E-state index in [1.165, 1.54) is 64.2 Å². The van der Waals surface area contributed by atoms with Gasteiger partial charge in [0.2, 0.25) is 0 Å². The van der Waals surface area contributed by atoms with Crippen LogP contribution in [-0.4, -0.2) is 0 Å². The van der Waals surface area contributed by atoms with Gasteiger partial charge >= 0.3 is 0 Å². The Bertz CT molecular complexity index is 147. The van der Waals surface area contributed by atoms with Crippen molar-refractivity contribution in [3.05, 3.63) is 24.3 Å². The predicted octanol–water partition coefficient (Wildman–Crippen LogP) is 5.01. The highest BCUT2D eigenvalue weighted by atomic mass is 14.0. The third-order valence-corrected chi connectivity index (χ3v) is 2.82. The molecule has 0 aliphatic heterocycles. The van der Waals surface area contributed by atoms with Gasteiger partial charge in [-0.1, -0.05) is 43.6 Å². The van der Waals surface area contributed by atoms with E-state index in [0.29, 0.717) is 0 Å². The van der Waals surface area contributed by atoms with E-state index in [1.807, 2.05) is 0 Å². The fourth-order valence-corrected chi connectivity index (χ4v) is 1.88. The van der Waals surface area contributed by atoms with Crippen molar-refractivity contribution < 1.29 is 0 Å². The van der Waals surface area contributed by atoms with Crippen molar-refractivity contribution in [3.8, 4) is 0 Å². The summed E-state index contributed by atoms with van der Waals surface area (Å²) in [5.74, 6) is 0. The lowest BCUT2D eigenvalue weighted by Crippen LogP contribution is -1.79. The molecular formula is C14H24. The second-order valence-corrected chi connectivity index (χ2v) is 4.22. The molecule has 0 fully saturated rings. The molecule has 0 N–H and O–H groups in total. The lowest BCUT2D eigenvalue weighted by molar-refractivity contribution is 0.620. The monoisotopic (exact) mass is 192 g/mol. The van der Waals surface area contributed by atoms with Crippen molar-refractivity contribution in [2.75, 3.05) is 0 Å². The standard InChI is InChI=1S/C14H24/c1-2-4-6-8-10-12-14-13-11-9-7-5-3-1/h1-2,9,11H,3-8,10,12-14H2/b2-1-,11-9-. The summed E-state index contributed by atoms with van der Waals surface area (Å²) in [6.45, 7) is 0. The molecule has 0 radical (unpaired) electrons. The second-order valence-electron chi connectivity index (χ2n) is 4.22. The predicted molar refractivity (Wildman–Crippen MR) is 64.5 cm³/mol. The molecule has 0 heteroatoms. The highest BCUT2D eigenvalue weighted by molar-refractivity contribution is 4.85. The lowest BCUT2D eigenvalue weighted by atomic mass is 10.1. The molecule has 80 valence electrons. The van der Waals surface area contributed by atoms with Crippen LogP contribution in [0.1, 0.15) is 64.2 Å². The maximum atomic E-state index is 2.37. The Labute approximate surface area is 89.1 Å². The molecule has 0 bridgehead atoms. The normalized spacial score (nSPS) is 26.3. The molecule has 0 saturated heterocycles. The molecule has 1 rings (SSSR count). The third kappa shape index (κ3) is 6.94. The van der Waals surface area contributed by atoms with Crippen LogP contribution in [0.2, 0.25) is 0 Å². The number of allylic oxidation sites excluding steroid dienone is 4. The minimum atomic E-state index is 1.27. The van der Waals surface area contributed by atoms with Crippen LogP contribution < -0.4 is 0 Å². The summed E-state index contributed by atoms with van der Waals surface area (Å²) in [5.41, 5.74) is 0. The molecule has 0 spiro atoms. The van der Waals surface area contributed by atoms with E-state index in [2.05, 4.69) is 24.3 Å². The van der Waals surface area contributed by atoms with Crippen LogP contribution in [0.4, 0.5) is 0 Å². The van der Waals surface area contributed by atoms with Gasteiger partial charge in [-0.15, -0.1) is 0 Å². The Morgan fingerprint density at radius 2 is 0.714 bits per heavy atom. The summed E-state index contributed by atoms with van der Waals surface area (Å²) in [5, 5.41) is 0. The van der Waals surface area contributed by atoms with Gasteiger partial charge in [0.25, 0.3) is 0 Å². The molecule has 14 heavy (non-hydrogen) atoms. The molecule has 0 aromatic rings. The molecule has 0 unspecified atom stereocenters. The zero-order chi connectivity index (χ0) is 9.90. The van der Waals surface area contributed by atoms with Gasteiger partial charge in [0, 0.05) is 0 Å². The Hall–Kier alpha value is -0.520. The van der Waals surface area contributed by atoms with Crippen molar-refractivity contribution in [1.29, 1.82) is 0 Å². The molecule has 0 saturated carbocycles. The van der Waals surface area contributed by atoms with Gasteiger partial charge in [0.15, 0.2) is 0 Å². The van der Waals surface area contributed by atoms with Crippen molar-refractivity contribution in [1.82, 2.24) is 0 Å². The van der Waals surface area contributed by atoms with Crippen LogP contribution >= 0.6 is 0 Å². The summed E-state index contributed by atoms with van der Waals surface area (Å²) in [6, 6.07) is 0. The van der Waals surface area contributed by atoms with E-state index < -0.39 is 0 Å². The molecule has 0 heterocycles. The van der Waals surface area contributed by atoms with Crippen molar-refractivity contribution in [3.63, 3.8) is 0 Å². The summed E-state index contributed by atoms with van der Waals surface area (Å²) < 4.78 is 0. The van der Waals surface area contributed by atoms with E-state index in [0.717, 1.165) is 0 Å². The molecular weight excluding hydrogens is 168 g/mol. The van der Waals surface area contributed by atoms with Gasteiger partial charge in [-0.3, -0.25) is 0 Å². The highest BCUT2D eigenvalue weighted by Gasteiger charge is 1.90. The summed E-state index contributed by atoms with van der Waals surface area (Å²) >= 11 is 0. The van der Waals surface area contributed by atoms with Crippen molar-refractivity contribution in [2.24, 2.45) is 0 Å². The maximum absolute atomic E-state index is 2.37. The zero-order valence-corrected chi connectivity index (χ0v) is 9.38. The second kappa shape index (κ2) is 9.05. The van der Waals surface area contributed by atoms with Gasteiger partial charge in [0.05, 0.1) is 0 Å².